The first-order valence-corrected chi connectivity index (χ1v) is 13.1. The van der Waals surface area contributed by atoms with Crippen molar-refractivity contribution in [3.05, 3.63) is 41.1 Å². The van der Waals surface area contributed by atoms with Crippen molar-refractivity contribution in [2.45, 2.75) is 38.0 Å². The molecule has 9 heteroatoms. The van der Waals surface area contributed by atoms with Crippen molar-refractivity contribution >= 4 is 29.4 Å². The predicted molar refractivity (Wildman–Crippen MR) is 147 cm³/mol. The number of carbonyl (C=O) groups is 1. The Balaban J connectivity index is 1.53. The number of pyridine rings is 1. The third-order valence-corrected chi connectivity index (χ3v) is 7.70. The second-order valence-corrected chi connectivity index (χ2v) is 10.9. The van der Waals surface area contributed by atoms with Crippen LogP contribution in [-0.2, 0) is 4.79 Å². The molecule has 3 rings (SSSR count). The number of amides is 1. The molecule has 0 atom stereocenters. The van der Waals surface area contributed by atoms with Gasteiger partial charge in [-0.1, -0.05) is 0 Å². The molecule has 1 aromatic carbocycles. The Kier molecular flexibility index (Phi) is 9.99. The molecule has 0 saturated carbocycles. The molecule has 1 N–H and O–H groups in total. The van der Waals surface area contributed by atoms with Gasteiger partial charge in [0.05, 0.1) is 24.6 Å². The van der Waals surface area contributed by atoms with Crippen LogP contribution in [0, 0.1) is 31.1 Å². The standard InChI is InChI=1S/C27H38N6O2S/c1-19-13-24(35-6)14-20(2)26(19)36-32(5)10-9-25(34)30-23-15-22(16-28)27(29-17-23)33-11-7-21(8-12-33)18-31(3)4/h13-15,17,21H,7-12,18H2,1-6H3,(H,30,34). The molecule has 1 aliphatic heterocycles. The van der Waals surface area contributed by atoms with E-state index in [0.717, 1.165) is 49.4 Å². The zero-order valence-corrected chi connectivity index (χ0v) is 23.1. The minimum atomic E-state index is -0.103. The molecule has 0 aliphatic carbocycles. The highest BCUT2D eigenvalue weighted by molar-refractivity contribution is 7.97. The third kappa shape index (κ3) is 7.60. The molecule has 1 saturated heterocycles. The van der Waals surface area contributed by atoms with Crippen molar-refractivity contribution in [2.24, 2.45) is 5.92 Å². The Labute approximate surface area is 219 Å². The number of anilines is 2. The lowest BCUT2D eigenvalue weighted by Crippen LogP contribution is -2.37. The summed E-state index contributed by atoms with van der Waals surface area (Å²) in [4.78, 5) is 22.7. The summed E-state index contributed by atoms with van der Waals surface area (Å²) in [6.45, 7) is 7.58. The van der Waals surface area contributed by atoms with E-state index in [4.69, 9.17) is 4.74 Å². The summed E-state index contributed by atoms with van der Waals surface area (Å²) in [5, 5.41) is 12.6. The number of rotatable bonds is 10. The zero-order valence-electron chi connectivity index (χ0n) is 22.3. The van der Waals surface area contributed by atoms with Gasteiger partial charge in [-0.2, -0.15) is 5.26 Å². The van der Waals surface area contributed by atoms with Gasteiger partial charge in [0, 0.05) is 37.5 Å². The molecule has 2 heterocycles. The van der Waals surface area contributed by atoms with Crippen LogP contribution < -0.4 is 15.0 Å². The Bertz CT molecular complexity index is 1070. The lowest BCUT2D eigenvalue weighted by molar-refractivity contribution is -0.116. The predicted octanol–water partition coefficient (Wildman–Crippen LogP) is 4.32. The maximum atomic E-state index is 12.6. The van der Waals surface area contributed by atoms with Gasteiger partial charge in [-0.25, -0.2) is 9.29 Å². The van der Waals surface area contributed by atoms with Crippen LogP contribution >= 0.6 is 11.9 Å². The van der Waals surface area contributed by atoms with Gasteiger partial charge in [0.15, 0.2) is 0 Å². The topological polar surface area (TPSA) is 84.7 Å². The fraction of sp³-hybridized carbons (Fsp3) is 0.519. The summed E-state index contributed by atoms with van der Waals surface area (Å²) < 4.78 is 7.40. The van der Waals surface area contributed by atoms with Gasteiger partial charge in [0.25, 0.3) is 0 Å². The fourth-order valence-corrected chi connectivity index (χ4v) is 5.46. The Morgan fingerprint density at radius 3 is 2.47 bits per heavy atom. The number of nitrogens with one attached hydrogen (secondary N) is 1. The second kappa shape index (κ2) is 12.9. The molecule has 1 aromatic heterocycles. The van der Waals surface area contributed by atoms with E-state index in [9.17, 15) is 10.1 Å². The van der Waals surface area contributed by atoms with Crippen LogP contribution in [0.2, 0.25) is 0 Å². The number of nitrogens with zero attached hydrogens (tertiary/aromatic N) is 5. The van der Waals surface area contributed by atoms with Crippen molar-refractivity contribution in [3.8, 4) is 11.8 Å². The van der Waals surface area contributed by atoms with Gasteiger partial charge in [-0.05, 0) is 95.0 Å². The molecule has 194 valence electrons. The highest BCUT2D eigenvalue weighted by Crippen LogP contribution is 2.32. The number of hydrogen-bond acceptors (Lipinski definition) is 8. The Hall–Kier alpha value is -2.80. The molecule has 2 aromatic rings. The lowest BCUT2D eigenvalue weighted by Gasteiger charge is -2.34. The quantitative estimate of drug-likeness (QED) is 0.473. The largest absolute Gasteiger partial charge is 0.497 e. The maximum Gasteiger partial charge on any atom is 0.225 e. The van der Waals surface area contributed by atoms with Crippen molar-refractivity contribution in [1.29, 1.82) is 5.26 Å². The number of hydrogen-bond donors (Lipinski definition) is 1. The Morgan fingerprint density at radius 1 is 1.22 bits per heavy atom. The third-order valence-electron chi connectivity index (χ3n) is 6.38. The van der Waals surface area contributed by atoms with Crippen LogP contribution in [-0.4, -0.2) is 74.5 Å². The van der Waals surface area contributed by atoms with Crippen LogP contribution in [0.1, 0.15) is 36.0 Å². The highest BCUT2D eigenvalue weighted by Gasteiger charge is 2.23. The van der Waals surface area contributed by atoms with Gasteiger partial charge in [0.1, 0.15) is 17.6 Å². The van der Waals surface area contributed by atoms with Gasteiger partial charge in [-0.15, -0.1) is 0 Å². The van der Waals surface area contributed by atoms with E-state index in [1.165, 1.54) is 4.90 Å². The minimum absolute atomic E-state index is 0.103. The van der Waals surface area contributed by atoms with Crippen LogP contribution in [0.3, 0.4) is 0 Å². The molecule has 8 nitrogen and oxygen atoms in total. The monoisotopic (exact) mass is 510 g/mol. The number of ether oxygens (including phenoxy) is 1. The average molecular weight is 511 g/mol. The summed E-state index contributed by atoms with van der Waals surface area (Å²) in [7, 11) is 7.86. The number of carbonyl (C=O) groups excluding carboxylic acids is 1. The maximum absolute atomic E-state index is 12.6. The normalized spacial score (nSPS) is 14.2. The summed E-state index contributed by atoms with van der Waals surface area (Å²) >= 11 is 1.63. The van der Waals surface area contributed by atoms with Gasteiger partial charge >= 0.3 is 0 Å². The average Bonchev–Trinajstić information content (AvgIpc) is 2.85. The first-order valence-electron chi connectivity index (χ1n) is 12.3. The van der Waals surface area contributed by atoms with Crippen molar-refractivity contribution in [3.63, 3.8) is 0 Å². The molecule has 1 aliphatic rings. The molecule has 36 heavy (non-hydrogen) atoms. The number of piperidine rings is 1. The Morgan fingerprint density at radius 2 is 1.89 bits per heavy atom. The lowest BCUT2D eigenvalue weighted by atomic mass is 9.96. The van der Waals surface area contributed by atoms with Crippen molar-refractivity contribution < 1.29 is 9.53 Å². The number of benzene rings is 1. The summed E-state index contributed by atoms with van der Waals surface area (Å²) in [5.41, 5.74) is 3.34. The van der Waals surface area contributed by atoms with Gasteiger partial charge in [-0.3, -0.25) is 4.79 Å². The first kappa shape index (κ1) is 27.8. The molecular weight excluding hydrogens is 472 g/mol. The highest BCUT2D eigenvalue weighted by atomic mass is 32.2. The van der Waals surface area contributed by atoms with Crippen molar-refractivity contribution in [2.75, 3.05) is 64.6 Å². The molecule has 0 radical (unpaired) electrons. The zero-order chi connectivity index (χ0) is 26.2. The van der Waals surface area contributed by atoms with Gasteiger partial charge < -0.3 is 19.9 Å². The van der Waals surface area contributed by atoms with Crippen molar-refractivity contribution in [1.82, 2.24) is 14.2 Å². The molecule has 0 unspecified atom stereocenters. The van der Waals surface area contributed by atoms with Crippen LogP contribution in [0.4, 0.5) is 11.5 Å². The second-order valence-electron chi connectivity index (χ2n) is 9.73. The van der Waals surface area contributed by atoms with Crippen LogP contribution in [0.5, 0.6) is 5.75 Å². The van der Waals surface area contributed by atoms with E-state index in [0.29, 0.717) is 36.0 Å². The van der Waals surface area contributed by atoms with E-state index in [-0.39, 0.29) is 5.91 Å². The SMILES string of the molecule is COc1cc(C)c(SN(C)CCC(=O)Nc2cnc(N3CCC(CN(C)C)CC3)c(C#N)c2)c(C)c1. The van der Waals surface area contributed by atoms with E-state index in [1.807, 2.05) is 19.2 Å². The first-order chi connectivity index (χ1) is 17.2. The van der Waals surface area contributed by atoms with Crippen LogP contribution in [0.25, 0.3) is 0 Å². The van der Waals surface area contributed by atoms with Gasteiger partial charge in [0.2, 0.25) is 5.91 Å². The van der Waals surface area contributed by atoms with E-state index < -0.39 is 0 Å². The van der Waals surface area contributed by atoms with E-state index in [1.54, 1.807) is 31.3 Å². The number of nitriles is 1. The summed E-state index contributed by atoms with van der Waals surface area (Å²) in [6, 6.07) is 8.03. The molecule has 1 amide bonds. The smallest absolute Gasteiger partial charge is 0.225 e. The summed E-state index contributed by atoms with van der Waals surface area (Å²) in [5.74, 6) is 2.13. The fourth-order valence-electron chi connectivity index (χ4n) is 4.56. The molecule has 0 spiro atoms. The number of methoxy groups -OCH3 is 1. The molecule has 0 bridgehead atoms. The number of aromatic nitrogens is 1. The molecule has 1 fully saturated rings. The minimum Gasteiger partial charge on any atom is -0.497 e. The van der Waals surface area contributed by atoms with Crippen LogP contribution in [0.15, 0.2) is 29.3 Å². The molecular formula is C27H38N6O2S. The summed E-state index contributed by atoms with van der Waals surface area (Å²) in [6.07, 6.45) is 4.16. The number of aryl methyl sites for hydroxylation is 2. The van der Waals surface area contributed by atoms with E-state index >= 15 is 0 Å². The van der Waals surface area contributed by atoms with E-state index in [2.05, 4.69) is 58.4 Å².